The lowest BCUT2D eigenvalue weighted by Crippen LogP contribution is -2.42. The van der Waals surface area contributed by atoms with Gasteiger partial charge in [-0.2, -0.15) is 0 Å². The van der Waals surface area contributed by atoms with E-state index in [1.54, 1.807) is 4.90 Å². The lowest BCUT2D eigenvalue weighted by atomic mass is 9.93. The maximum Gasteiger partial charge on any atom is 0.410 e. The molecule has 0 aliphatic carbocycles. The van der Waals surface area contributed by atoms with Gasteiger partial charge < -0.3 is 15.4 Å². The lowest BCUT2D eigenvalue weighted by Gasteiger charge is -2.33. The van der Waals surface area contributed by atoms with Crippen LogP contribution in [-0.4, -0.2) is 35.5 Å². The summed E-state index contributed by atoms with van der Waals surface area (Å²) in [4.78, 5) is 13.5. The first kappa shape index (κ1) is 13.8. The molecule has 1 rings (SSSR count). The van der Waals surface area contributed by atoms with Crippen LogP contribution < -0.4 is 5.73 Å². The van der Waals surface area contributed by atoms with Crippen molar-refractivity contribution in [2.45, 2.75) is 45.6 Å². The number of nitrogens with two attached hydrogens (primary N) is 1. The van der Waals surface area contributed by atoms with Crippen molar-refractivity contribution in [1.29, 1.82) is 5.41 Å². The van der Waals surface area contributed by atoms with Crippen molar-refractivity contribution >= 4 is 11.9 Å². The second kappa shape index (κ2) is 5.38. The molecule has 0 bridgehead atoms. The maximum atomic E-state index is 11.8. The van der Waals surface area contributed by atoms with Gasteiger partial charge in [0.05, 0.1) is 5.84 Å². The first-order chi connectivity index (χ1) is 7.78. The summed E-state index contributed by atoms with van der Waals surface area (Å²) in [5, 5.41) is 7.26. The lowest BCUT2D eigenvalue weighted by molar-refractivity contribution is 0.0186. The van der Waals surface area contributed by atoms with E-state index in [4.69, 9.17) is 15.9 Å². The largest absolute Gasteiger partial charge is 0.444 e. The van der Waals surface area contributed by atoms with Crippen LogP contribution in [0, 0.1) is 11.3 Å². The van der Waals surface area contributed by atoms with Gasteiger partial charge in [-0.25, -0.2) is 4.79 Å². The van der Waals surface area contributed by atoms with Crippen molar-refractivity contribution in [3.63, 3.8) is 0 Å². The molecule has 0 aromatic heterocycles. The number of nitrogens with zero attached hydrogens (tertiary/aromatic N) is 1. The van der Waals surface area contributed by atoms with Crippen molar-refractivity contribution in [3.8, 4) is 0 Å². The van der Waals surface area contributed by atoms with Gasteiger partial charge in [0, 0.05) is 19.5 Å². The van der Waals surface area contributed by atoms with Crippen LogP contribution in [0.25, 0.3) is 0 Å². The van der Waals surface area contributed by atoms with E-state index in [0.717, 1.165) is 12.8 Å². The van der Waals surface area contributed by atoms with Crippen molar-refractivity contribution in [2.24, 2.45) is 11.7 Å². The molecular weight excluding hydrogens is 218 g/mol. The smallest absolute Gasteiger partial charge is 0.410 e. The van der Waals surface area contributed by atoms with Crippen LogP contribution in [0.3, 0.4) is 0 Å². The quantitative estimate of drug-likeness (QED) is 0.573. The second-order valence-electron chi connectivity index (χ2n) is 5.64. The molecule has 1 amide bonds. The van der Waals surface area contributed by atoms with Crippen LogP contribution in [0.4, 0.5) is 4.79 Å². The number of nitrogens with one attached hydrogen (secondary N) is 1. The standard InChI is InChI=1S/C12H23N3O2/c1-12(2,3)17-11(16)15-6-4-9(5-7-15)8-10(13)14/h9H,4-8H2,1-3H3,(H3,13,14). The molecule has 17 heavy (non-hydrogen) atoms. The number of likely N-dealkylation sites (tertiary alicyclic amines) is 1. The van der Waals surface area contributed by atoms with Crippen molar-refractivity contribution in [3.05, 3.63) is 0 Å². The predicted molar refractivity (Wildman–Crippen MR) is 67.1 cm³/mol. The molecule has 0 aromatic rings. The molecular formula is C12H23N3O2. The van der Waals surface area contributed by atoms with E-state index in [1.165, 1.54) is 0 Å². The Morgan fingerprint density at radius 2 is 1.94 bits per heavy atom. The Balaban J connectivity index is 2.36. The van der Waals surface area contributed by atoms with E-state index in [-0.39, 0.29) is 11.9 Å². The molecule has 0 atom stereocenters. The number of rotatable bonds is 2. The summed E-state index contributed by atoms with van der Waals surface area (Å²) in [5.41, 5.74) is 4.94. The van der Waals surface area contributed by atoms with Crippen LogP contribution in [-0.2, 0) is 4.74 Å². The molecule has 5 nitrogen and oxygen atoms in total. The molecule has 3 N–H and O–H groups in total. The average Bonchev–Trinajstić information content (AvgIpc) is 2.15. The number of carbonyl (C=O) groups excluding carboxylic acids is 1. The fraction of sp³-hybridized carbons (Fsp3) is 0.833. The second-order valence-corrected chi connectivity index (χ2v) is 5.64. The van der Waals surface area contributed by atoms with Crippen LogP contribution in [0.1, 0.15) is 40.0 Å². The summed E-state index contributed by atoms with van der Waals surface area (Å²) in [6, 6.07) is 0. The minimum Gasteiger partial charge on any atom is -0.444 e. The normalized spacial score (nSPS) is 17.9. The van der Waals surface area contributed by atoms with Gasteiger partial charge in [-0.1, -0.05) is 0 Å². The number of carbonyl (C=O) groups is 1. The summed E-state index contributed by atoms with van der Waals surface area (Å²) in [5.74, 6) is 0.673. The zero-order valence-electron chi connectivity index (χ0n) is 11.0. The van der Waals surface area contributed by atoms with Gasteiger partial charge in [-0.05, 0) is 39.5 Å². The number of hydrogen-bond donors (Lipinski definition) is 2. The van der Waals surface area contributed by atoms with Crippen LogP contribution in [0.2, 0.25) is 0 Å². The molecule has 1 aliphatic rings. The highest BCUT2D eigenvalue weighted by atomic mass is 16.6. The Morgan fingerprint density at radius 3 is 2.35 bits per heavy atom. The predicted octanol–water partition coefficient (Wildman–Crippen LogP) is 1.96. The molecule has 0 unspecified atom stereocenters. The Hall–Kier alpha value is -1.26. The van der Waals surface area contributed by atoms with Gasteiger partial charge in [0.2, 0.25) is 0 Å². The van der Waals surface area contributed by atoms with Gasteiger partial charge in [0.15, 0.2) is 0 Å². The number of piperidine rings is 1. The molecule has 1 saturated heterocycles. The van der Waals surface area contributed by atoms with E-state index in [9.17, 15) is 4.79 Å². The molecule has 1 aliphatic heterocycles. The number of amidine groups is 1. The van der Waals surface area contributed by atoms with Gasteiger partial charge in [0.1, 0.15) is 5.60 Å². The summed E-state index contributed by atoms with van der Waals surface area (Å²) in [7, 11) is 0. The topological polar surface area (TPSA) is 79.4 Å². The van der Waals surface area contributed by atoms with E-state index < -0.39 is 5.60 Å². The molecule has 1 fully saturated rings. The Morgan fingerprint density at radius 1 is 1.41 bits per heavy atom. The molecule has 0 saturated carbocycles. The Bertz CT molecular complexity index is 289. The number of hydrogen-bond acceptors (Lipinski definition) is 3. The van der Waals surface area contributed by atoms with Crippen molar-refractivity contribution < 1.29 is 9.53 Å². The Kier molecular flexibility index (Phi) is 4.37. The third-order valence-electron chi connectivity index (χ3n) is 2.77. The molecule has 0 radical (unpaired) electrons. The summed E-state index contributed by atoms with van der Waals surface area (Å²) in [6.45, 7) is 7.01. The number of ether oxygens (including phenoxy) is 1. The van der Waals surface area contributed by atoms with Crippen molar-refractivity contribution in [1.82, 2.24) is 4.90 Å². The van der Waals surface area contributed by atoms with Crippen LogP contribution >= 0.6 is 0 Å². The van der Waals surface area contributed by atoms with E-state index in [1.807, 2.05) is 20.8 Å². The molecule has 0 spiro atoms. The summed E-state index contributed by atoms with van der Waals surface area (Å²) in [6.07, 6.45) is 2.21. The average molecular weight is 241 g/mol. The van der Waals surface area contributed by atoms with E-state index in [0.29, 0.717) is 25.4 Å². The third-order valence-corrected chi connectivity index (χ3v) is 2.77. The Labute approximate surface area is 103 Å². The third kappa shape index (κ3) is 5.06. The summed E-state index contributed by atoms with van der Waals surface area (Å²) >= 11 is 0. The van der Waals surface area contributed by atoms with Gasteiger partial charge in [-0.15, -0.1) is 0 Å². The zero-order valence-corrected chi connectivity index (χ0v) is 11.0. The SMILES string of the molecule is CC(C)(C)OC(=O)N1CCC(CC(=N)N)CC1. The maximum absolute atomic E-state index is 11.8. The van der Waals surface area contributed by atoms with Crippen molar-refractivity contribution in [2.75, 3.05) is 13.1 Å². The van der Waals surface area contributed by atoms with Crippen LogP contribution in [0.5, 0.6) is 0 Å². The highest BCUT2D eigenvalue weighted by Crippen LogP contribution is 2.21. The monoisotopic (exact) mass is 241 g/mol. The van der Waals surface area contributed by atoms with Gasteiger partial charge in [0.25, 0.3) is 0 Å². The van der Waals surface area contributed by atoms with E-state index in [2.05, 4.69) is 0 Å². The molecule has 5 heteroatoms. The van der Waals surface area contributed by atoms with E-state index >= 15 is 0 Å². The molecule has 98 valence electrons. The zero-order chi connectivity index (χ0) is 13.1. The first-order valence-corrected chi connectivity index (χ1v) is 6.09. The number of amides is 1. The van der Waals surface area contributed by atoms with Crippen LogP contribution in [0.15, 0.2) is 0 Å². The highest BCUT2D eigenvalue weighted by Gasteiger charge is 2.26. The fourth-order valence-electron chi connectivity index (χ4n) is 1.96. The first-order valence-electron chi connectivity index (χ1n) is 6.09. The minimum atomic E-state index is -0.437. The van der Waals surface area contributed by atoms with Gasteiger partial charge in [-0.3, -0.25) is 5.41 Å². The fourth-order valence-corrected chi connectivity index (χ4v) is 1.96. The molecule has 0 aromatic carbocycles. The highest BCUT2D eigenvalue weighted by molar-refractivity contribution is 5.77. The summed E-state index contributed by atoms with van der Waals surface area (Å²) < 4.78 is 5.31. The molecule has 1 heterocycles. The minimum absolute atomic E-state index is 0.237. The van der Waals surface area contributed by atoms with Gasteiger partial charge >= 0.3 is 6.09 Å².